The number of nitrogens with zero attached hydrogens (tertiary/aromatic N) is 3. The Morgan fingerprint density at radius 3 is 2.58 bits per heavy atom. The van der Waals surface area contributed by atoms with Gasteiger partial charge in [-0.1, -0.05) is 17.7 Å². The molecule has 0 radical (unpaired) electrons. The van der Waals surface area contributed by atoms with Crippen molar-refractivity contribution in [1.82, 2.24) is 4.90 Å². The van der Waals surface area contributed by atoms with Crippen LogP contribution in [0.4, 0.5) is 5.69 Å². The van der Waals surface area contributed by atoms with Crippen molar-refractivity contribution >= 4 is 11.6 Å². The molecule has 1 fully saturated rings. The summed E-state index contributed by atoms with van der Waals surface area (Å²) >= 11 is 0. The number of benzene rings is 1. The van der Waals surface area contributed by atoms with Crippen LogP contribution in [-0.4, -0.2) is 36.5 Å². The molecule has 1 aliphatic rings. The second kappa shape index (κ2) is 5.41. The van der Waals surface area contributed by atoms with Crippen molar-refractivity contribution in [2.24, 2.45) is 0 Å². The molecule has 1 heterocycles. The first-order chi connectivity index (χ1) is 9.04. The van der Waals surface area contributed by atoms with Gasteiger partial charge in [0, 0.05) is 18.3 Å². The van der Waals surface area contributed by atoms with Gasteiger partial charge in [0.15, 0.2) is 0 Å². The van der Waals surface area contributed by atoms with E-state index in [1.165, 1.54) is 5.56 Å². The lowest BCUT2D eigenvalue weighted by atomic mass is 10.0. The highest BCUT2D eigenvalue weighted by atomic mass is 16.2. The first-order valence-corrected chi connectivity index (χ1v) is 6.51. The minimum Gasteiger partial charge on any atom is -0.307 e. The fourth-order valence-corrected chi connectivity index (χ4v) is 2.61. The number of carbonyl (C=O) groups is 1. The molecule has 4 nitrogen and oxygen atoms in total. The van der Waals surface area contributed by atoms with E-state index in [0.29, 0.717) is 0 Å². The van der Waals surface area contributed by atoms with Crippen LogP contribution in [0, 0.1) is 18.3 Å². The van der Waals surface area contributed by atoms with Crippen molar-refractivity contribution in [1.29, 1.82) is 5.26 Å². The zero-order valence-electron chi connectivity index (χ0n) is 11.6. The summed E-state index contributed by atoms with van der Waals surface area (Å²) in [7, 11) is 1.91. The van der Waals surface area contributed by atoms with E-state index in [0.717, 1.165) is 12.2 Å². The van der Waals surface area contributed by atoms with Gasteiger partial charge in [-0.3, -0.25) is 9.69 Å². The summed E-state index contributed by atoms with van der Waals surface area (Å²) in [5.74, 6) is 0.0200. The van der Waals surface area contributed by atoms with E-state index < -0.39 is 0 Å². The number of hydrogen-bond acceptors (Lipinski definition) is 3. The average molecular weight is 257 g/mol. The first kappa shape index (κ1) is 13.6. The quantitative estimate of drug-likeness (QED) is 0.813. The number of anilines is 1. The molecule has 19 heavy (non-hydrogen) atoms. The summed E-state index contributed by atoms with van der Waals surface area (Å²) in [6.07, 6.45) is 0.240. The number of piperazine rings is 1. The number of hydrogen-bond donors (Lipinski definition) is 0. The number of likely N-dealkylation sites (N-methyl/N-ethyl adjacent to an activating group) is 1. The predicted molar refractivity (Wildman–Crippen MR) is 74.8 cm³/mol. The molecule has 0 saturated carbocycles. The molecular weight excluding hydrogens is 238 g/mol. The van der Waals surface area contributed by atoms with Crippen LogP contribution in [0.25, 0.3) is 0 Å². The normalized spacial score (nSPS) is 24.3. The lowest BCUT2D eigenvalue weighted by Gasteiger charge is -2.42. The van der Waals surface area contributed by atoms with Crippen molar-refractivity contribution < 1.29 is 4.79 Å². The first-order valence-electron chi connectivity index (χ1n) is 6.51. The minimum absolute atomic E-state index is 0.0200. The molecule has 100 valence electrons. The summed E-state index contributed by atoms with van der Waals surface area (Å²) < 4.78 is 0. The molecule has 4 heteroatoms. The molecule has 1 aliphatic heterocycles. The van der Waals surface area contributed by atoms with Crippen LogP contribution in [0.5, 0.6) is 0 Å². The Kier molecular flexibility index (Phi) is 3.87. The van der Waals surface area contributed by atoms with Crippen molar-refractivity contribution in [2.75, 3.05) is 18.5 Å². The summed E-state index contributed by atoms with van der Waals surface area (Å²) in [4.78, 5) is 16.3. The third-order valence-corrected chi connectivity index (χ3v) is 3.64. The lowest BCUT2D eigenvalue weighted by molar-refractivity contribution is -0.126. The zero-order valence-corrected chi connectivity index (χ0v) is 11.6. The molecule has 2 atom stereocenters. The summed E-state index contributed by atoms with van der Waals surface area (Å²) in [6.45, 7) is 4.85. The monoisotopic (exact) mass is 257 g/mol. The zero-order chi connectivity index (χ0) is 14.0. The Morgan fingerprint density at radius 2 is 2.00 bits per heavy atom. The second-order valence-corrected chi connectivity index (χ2v) is 5.21. The number of amides is 1. The fraction of sp³-hybridized carbons (Fsp3) is 0.467. The molecule has 1 saturated heterocycles. The molecule has 1 aromatic carbocycles. The number of nitriles is 1. The highest BCUT2D eigenvalue weighted by Crippen LogP contribution is 2.25. The van der Waals surface area contributed by atoms with E-state index in [-0.39, 0.29) is 24.4 Å². The maximum atomic E-state index is 12.6. The predicted octanol–water partition coefficient (Wildman–Crippen LogP) is 1.94. The minimum atomic E-state index is -0.331. The van der Waals surface area contributed by atoms with Crippen LogP contribution < -0.4 is 4.90 Å². The number of rotatable bonds is 2. The van der Waals surface area contributed by atoms with Gasteiger partial charge in [0.1, 0.15) is 6.04 Å². The Morgan fingerprint density at radius 1 is 1.37 bits per heavy atom. The van der Waals surface area contributed by atoms with Gasteiger partial charge in [-0.15, -0.1) is 0 Å². The van der Waals surface area contributed by atoms with Crippen LogP contribution in [0.2, 0.25) is 0 Å². The fourth-order valence-electron chi connectivity index (χ4n) is 2.61. The summed E-state index contributed by atoms with van der Waals surface area (Å²) in [5, 5.41) is 8.87. The Bertz CT molecular complexity index is 503. The van der Waals surface area contributed by atoms with Crippen LogP contribution in [0.1, 0.15) is 18.9 Å². The van der Waals surface area contributed by atoms with Crippen molar-refractivity contribution in [3.63, 3.8) is 0 Å². The molecule has 0 N–H and O–H groups in total. The van der Waals surface area contributed by atoms with Crippen molar-refractivity contribution in [2.45, 2.75) is 32.4 Å². The van der Waals surface area contributed by atoms with Crippen molar-refractivity contribution in [3.05, 3.63) is 29.8 Å². The van der Waals surface area contributed by atoms with Crippen LogP contribution in [-0.2, 0) is 4.79 Å². The highest BCUT2D eigenvalue weighted by Gasteiger charge is 2.37. The van der Waals surface area contributed by atoms with Crippen LogP contribution in [0.3, 0.4) is 0 Å². The molecule has 2 rings (SSSR count). The third-order valence-electron chi connectivity index (χ3n) is 3.64. The van der Waals surface area contributed by atoms with Crippen LogP contribution in [0.15, 0.2) is 24.3 Å². The number of aryl methyl sites for hydroxylation is 1. The molecule has 2 unspecified atom stereocenters. The molecule has 0 spiro atoms. The molecule has 0 bridgehead atoms. The molecule has 0 aliphatic carbocycles. The van der Waals surface area contributed by atoms with Gasteiger partial charge in [0.25, 0.3) is 0 Å². The van der Waals surface area contributed by atoms with Crippen molar-refractivity contribution in [3.8, 4) is 6.07 Å². The highest BCUT2D eigenvalue weighted by molar-refractivity contribution is 5.98. The number of carbonyl (C=O) groups excluding carboxylic acids is 1. The van der Waals surface area contributed by atoms with Gasteiger partial charge in [0.2, 0.25) is 5.91 Å². The molecule has 1 amide bonds. The maximum absolute atomic E-state index is 12.6. The Balaban J connectivity index is 2.30. The lowest BCUT2D eigenvalue weighted by Crippen LogP contribution is -2.59. The van der Waals surface area contributed by atoms with E-state index >= 15 is 0 Å². The van der Waals surface area contributed by atoms with E-state index in [2.05, 4.69) is 6.07 Å². The van der Waals surface area contributed by atoms with E-state index in [4.69, 9.17) is 5.26 Å². The van der Waals surface area contributed by atoms with Gasteiger partial charge in [0.05, 0.1) is 12.5 Å². The van der Waals surface area contributed by atoms with Gasteiger partial charge >= 0.3 is 0 Å². The van der Waals surface area contributed by atoms with Gasteiger partial charge in [-0.2, -0.15) is 5.26 Å². The van der Waals surface area contributed by atoms with Crippen LogP contribution >= 0.6 is 0 Å². The van der Waals surface area contributed by atoms with E-state index in [1.54, 1.807) is 0 Å². The Hall–Kier alpha value is -1.86. The average Bonchev–Trinajstić information content (AvgIpc) is 2.36. The smallest absolute Gasteiger partial charge is 0.245 e. The molecular formula is C15H19N3O. The maximum Gasteiger partial charge on any atom is 0.245 e. The topological polar surface area (TPSA) is 47.3 Å². The largest absolute Gasteiger partial charge is 0.307 e. The molecule has 0 aromatic heterocycles. The standard InChI is InChI=1S/C15H19N3O/c1-11-4-6-13(7-5-11)18-12(2)10-17(3)14(8-9-16)15(18)19/h4-7,12,14H,8,10H2,1-3H3. The van der Waals surface area contributed by atoms with Gasteiger partial charge in [-0.25, -0.2) is 0 Å². The van der Waals surface area contributed by atoms with Gasteiger partial charge in [-0.05, 0) is 33.0 Å². The third kappa shape index (κ3) is 2.61. The summed E-state index contributed by atoms with van der Waals surface area (Å²) in [5.41, 5.74) is 2.09. The SMILES string of the molecule is Cc1ccc(N2C(=O)C(CC#N)N(C)CC2C)cc1. The Labute approximate surface area is 114 Å². The van der Waals surface area contributed by atoms with E-state index in [9.17, 15) is 4.79 Å². The van der Waals surface area contributed by atoms with E-state index in [1.807, 2.05) is 55.0 Å². The summed E-state index contributed by atoms with van der Waals surface area (Å²) in [6, 6.07) is 9.85. The molecule has 1 aromatic rings. The van der Waals surface area contributed by atoms with Gasteiger partial charge < -0.3 is 4.90 Å². The second-order valence-electron chi connectivity index (χ2n) is 5.21.